The minimum absolute atomic E-state index is 0.181. The fourth-order valence-corrected chi connectivity index (χ4v) is 5.46. The molecule has 144 valence electrons. The maximum absolute atomic E-state index is 10.7. The highest BCUT2D eigenvalue weighted by Crippen LogP contribution is 2.54. The molecule has 3 heteroatoms. The summed E-state index contributed by atoms with van der Waals surface area (Å²) in [6.07, 6.45) is 11.7. The van der Waals surface area contributed by atoms with Crippen molar-refractivity contribution in [2.24, 2.45) is 16.7 Å². The maximum Gasteiger partial charge on any atom is 0.303 e. The first-order valence-electron chi connectivity index (χ1n) is 10.3. The first kappa shape index (κ1) is 19.3. The van der Waals surface area contributed by atoms with Gasteiger partial charge in [0.05, 0.1) is 6.61 Å². The molecule has 26 heavy (non-hydrogen) atoms. The van der Waals surface area contributed by atoms with E-state index >= 15 is 0 Å². The van der Waals surface area contributed by atoms with Crippen LogP contribution >= 0.6 is 0 Å². The van der Waals surface area contributed by atoms with Gasteiger partial charge in [-0.2, -0.15) is 0 Å². The molecule has 1 N–H and O–H groups in total. The van der Waals surface area contributed by atoms with Crippen molar-refractivity contribution in [2.75, 3.05) is 6.61 Å². The average Bonchev–Trinajstić information content (AvgIpc) is 2.58. The number of carboxylic acid groups (broad SMARTS) is 1. The van der Waals surface area contributed by atoms with Gasteiger partial charge in [-0.25, -0.2) is 0 Å². The van der Waals surface area contributed by atoms with Crippen molar-refractivity contribution >= 4 is 5.97 Å². The summed E-state index contributed by atoms with van der Waals surface area (Å²) < 4.78 is 6.10. The Morgan fingerprint density at radius 3 is 2.58 bits per heavy atom. The van der Waals surface area contributed by atoms with Gasteiger partial charge in [0, 0.05) is 6.42 Å². The van der Waals surface area contributed by atoms with Crippen LogP contribution in [0.4, 0.5) is 0 Å². The summed E-state index contributed by atoms with van der Waals surface area (Å²) in [7, 11) is 0. The minimum Gasteiger partial charge on any atom is -0.493 e. The van der Waals surface area contributed by atoms with Gasteiger partial charge in [0.15, 0.2) is 0 Å². The van der Waals surface area contributed by atoms with Crippen LogP contribution in [-0.2, 0) is 11.2 Å². The maximum atomic E-state index is 10.7. The van der Waals surface area contributed by atoms with Crippen LogP contribution in [0.2, 0.25) is 0 Å². The summed E-state index contributed by atoms with van der Waals surface area (Å²) in [5.74, 6) is 0.833. The molecule has 1 aromatic carbocycles. The Morgan fingerprint density at radius 2 is 1.88 bits per heavy atom. The molecule has 2 saturated carbocycles. The Balaban J connectivity index is 1.50. The number of aliphatic carboxylic acids is 1. The highest BCUT2D eigenvalue weighted by atomic mass is 16.5. The van der Waals surface area contributed by atoms with Crippen molar-refractivity contribution < 1.29 is 14.6 Å². The normalized spacial score (nSPS) is 28.0. The molecule has 2 unspecified atom stereocenters. The Bertz CT molecular complexity index is 600. The van der Waals surface area contributed by atoms with Gasteiger partial charge >= 0.3 is 5.97 Å². The zero-order valence-corrected chi connectivity index (χ0v) is 16.4. The molecule has 0 saturated heterocycles. The Kier molecular flexibility index (Phi) is 5.94. The number of benzene rings is 1. The van der Waals surface area contributed by atoms with Crippen LogP contribution in [0.5, 0.6) is 5.75 Å². The van der Waals surface area contributed by atoms with E-state index in [2.05, 4.69) is 13.8 Å². The van der Waals surface area contributed by atoms with E-state index in [0.717, 1.165) is 17.9 Å². The second kappa shape index (κ2) is 8.02. The molecular weight excluding hydrogens is 324 g/mol. The standard InChI is InChI=1S/C23H34O3/c1-22(2)12-4-14-23(17-22)13-3-5-19(15-23)16-26-20-9-6-18(7-10-20)8-11-21(24)25/h6-7,9-10,19H,3-5,8,11-17H2,1-2H3,(H,24,25). The highest BCUT2D eigenvalue weighted by Gasteiger charge is 2.42. The third-order valence-electron chi connectivity index (χ3n) is 6.49. The topological polar surface area (TPSA) is 46.5 Å². The van der Waals surface area contributed by atoms with Gasteiger partial charge in [0.25, 0.3) is 0 Å². The number of hydrogen-bond acceptors (Lipinski definition) is 2. The summed E-state index contributed by atoms with van der Waals surface area (Å²) in [5, 5.41) is 8.77. The second-order valence-corrected chi connectivity index (χ2v) is 9.51. The van der Waals surface area contributed by atoms with Crippen LogP contribution in [-0.4, -0.2) is 17.7 Å². The quantitative estimate of drug-likeness (QED) is 0.693. The minimum atomic E-state index is -0.748. The fourth-order valence-electron chi connectivity index (χ4n) is 5.46. The van der Waals surface area contributed by atoms with Gasteiger partial charge in [0.1, 0.15) is 5.75 Å². The van der Waals surface area contributed by atoms with E-state index in [-0.39, 0.29) is 6.42 Å². The largest absolute Gasteiger partial charge is 0.493 e. The molecule has 1 spiro atoms. The molecule has 2 atom stereocenters. The molecule has 0 aliphatic heterocycles. The second-order valence-electron chi connectivity index (χ2n) is 9.51. The molecule has 2 aliphatic rings. The molecule has 2 aliphatic carbocycles. The van der Waals surface area contributed by atoms with Gasteiger partial charge in [0.2, 0.25) is 0 Å². The van der Waals surface area contributed by atoms with E-state index in [1.165, 1.54) is 51.4 Å². The summed E-state index contributed by atoms with van der Waals surface area (Å²) in [6, 6.07) is 7.95. The summed E-state index contributed by atoms with van der Waals surface area (Å²) in [6.45, 7) is 5.70. The van der Waals surface area contributed by atoms with Gasteiger partial charge in [-0.1, -0.05) is 38.8 Å². The molecule has 0 amide bonds. The summed E-state index contributed by atoms with van der Waals surface area (Å²) in [5.41, 5.74) is 2.13. The number of aryl methyl sites for hydroxylation is 1. The molecule has 3 nitrogen and oxygen atoms in total. The number of carbonyl (C=O) groups is 1. The SMILES string of the molecule is CC1(C)CCCC2(CCCC(COc3ccc(CCC(=O)O)cc3)C2)C1. The molecule has 0 bridgehead atoms. The Morgan fingerprint density at radius 1 is 1.15 bits per heavy atom. The average molecular weight is 359 g/mol. The lowest BCUT2D eigenvalue weighted by Gasteiger charge is -2.49. The monoisotopic (exact) mass is 358 g/mol. The van der Waals surface area contributed by atoms with Gasteiger partial charge < -0.3 is 9.84 Å². The third-order valence-corrected chi connectivity index (χ3v) is 6.49. The lowest BCUT2D eigenvalue weighted by molar-refractivity contribution is -0.136. The van der Waals surface area contributed by atoms with Crippen molar-refractivity contribution in [1.82, 2.24) is 0 Å². The van der Waals surface area contributed by atoms with E-state index in [9.17, 15) is 4.79 Å². The van der Waals surface area contributed by atoms with Gasteiger partial charge in [-0.15, -0.1) is 0 Å². The zero-order chi connectivity index (χ0) is 18.6. The van der Waals surface area contributed by atoms with E-state index in [0.29, 0.717) is 23.2 Å². The van der Waals surface area contributed by atoms with Crippen molar-refractivity contribution in [3.8, 4) is 5.75 Å². The zero-order valence-electron chi connectivity index (χ0n) is 16.4. The Labute approximate surface area is 158 Å². The van der Waals surface area contributed by atoms with Crippen molar-refractivity contribution in [1.29, 1.82) is 0 Å². The van der Waals surface area contributed by atoms with E-state index in [1.807, 2.05) is 24.3 Å². The first-order chi connectivity index (χ1) is 12.4. The van der Waals surface area contributed by atoms with E-state index in [1.54, 1.807) is 0 Å². The lowest BCUT2D eigenvalue weighted by Crippen LogP contribution is -2.38. The molecular formula is C23H34O3. The van der Waals surface area contributed by atoms with Gasteiger partial charge in [-0.05, 0) is 79.4 Å². The van der Waals surface area contributed by atoms with E-state index < -0.39 is 5.97 Å². The van der Waals surface area contributed by atoms with Crippen LogP contribution in [0.3, 0.4) is 0 Å². The summed E-state index contributed by atoms with van der Waals surface area (Å²) in [4.78, 5) is 10.7. The van der Waals surface area contributed by atoms with Crippen LogP contribution in [0, 0.1) is 16.7 Å². The molecule has 0 heterocycles. The predicted molar refractivity (Wildman–Crippen MR) is 105 cm³/mol. The van der Waals surface area contributed by atoms with Gasteiger partial charge in [-0.3, -0.25) is 4.79 Å². The number of hydrogen-bond donors (Lipinski definition) is 1. The van der Waals surface area contributed by atoms with Crippen LogP contribution < -0.4 is 4.74 Å². The number of rotatable bonds is 6. The molecule has 0 radical (unpaired) electrons. The smallest absolute Gasteiger partial charge is 0.303 e. The van der Waals surface area contributed by atoms with Crippen molar-refractivity contribution in [3.05, 3.63) is 29.8 Å². The highest BCUT2D eigenvalue weighted by molar-refractivity contribution is 5.67. The molecule has 0 aromatic heterocycles. The summed E-state index contributed by atoms with van der Waals surface area (Å²) >= 11 is 0. The molecule has 2 fully saturated rings. The Hall–Kier alpha value is -1.51. The van der Waals surface area contributed by atoms with Crippen molar-refractivity contribution in [2.45, 2.75) is 78.1 Å². The van der Waals surface area contributed by atoms with Crippen molar-refractivity contribution in [3.63, 3.8) is 0 Å². The van der Waals surface area contributed by atoms with E-state index in [4.69, 9.17) is 9.84 Å². The predicted octanol–water partition coefficient (Wildman–Crippen LogP) is 5.86. The third kappa shape index (κ3) is 5.25. The molecule has 3 rings (SSSR count). The number of carboxylic acids is 1. The fraction of sp³-hybridized carbons (Fsp3) is 0.696. The lowest BCUT2D eigenvalue weighted by atomic mass is 9.57. The number of ether oxygens (including phenoxy) is 1. The van der Waals surface area contributed by atoms with Crippen LogP contribution in [0.25, 0.3) is 0 Å². The molecule has 1 aromatic rings. The van der Waals surface area contributed by atoms with Crippen LogP contribution in [0.15, 0.2) is 24.3 Å². The van der Waals surface area contributed by atoms with Crippen LogP contribution in [0.1, 0.15) is 77.2 Å². The first-order valence-corrected chi connectivity index (χ1v) is 10.3.